The van der Waals surface area contributed by atoms with Crippen molar-refractivity contribution in [3.63, 3.8) is 0 Å². The summed E-state index contributed by atoms with van der Waals surface area (Å²) in [7, 11) is -4.26. The number of nitrogens with two attached hydrogens (primary N) is 2. The van der Waals surface area contributed by atoms with Crippen LogP contribution in [0, 0.1) is 0 Å². The summed E-state index contributed by atoms with van der Waals surface area (Å²) in [5, 5.41) is 60.1. The van der Waals surface area contributed by atoms with Gasteiger partial charge in [0.05, 0.1) is 52.9 Å². The molecule has 0 saturated carbocycles. The van der Waals surface area contributed by atoms with E-state index in [1.165, 1.54) is 54.6 Å². The summed E-state index contributed by atoms with van der Waals surface area (Å²) in [5.74, 6) is 4.84. The van der Waals surface area contributed by atoms with E-state index in [1.807, 2.05) is 0 Å². The van der Waals surface area contributed by atoms with Gasteiger partial charge in [0.2, 0.25) is 10.0 Å². The maximum atomic E-state index is 12.6. The van der Waals surface area contributed by atoms with E-state index in [0.717, 1.165) is 0 Å². The first-order valence-electron chi connectivity index (χ1n) is 11.8. The molecular weight excluding hydrogens is 588 g/mol. The maximum Gasteiger partial charge on any atom is 0.238 e. The Balaban J connectivity index is 1.71. The van der Waals surface area contributed by atoms with Crippen LogP contribution in [-0.4, -0.2) is 28.8 Å². The zero-order valence-electron chi connectivity index (χ0n) is 21.5. The number of aliphatic hydroxyl groups excluding tert-OH is 2. The molecule has 4 rings (SSSR count). The van der Waals surface area contributed by atoms with Crippen molar-refractivity contribution in [2.75, 3.05) is 0 Å². The molecule has 0 fully saturated rings. The molecule has 0 amide bonds. The number of sulfonamides is 1. The smallest absolute Gasteiger partial charge is 0.238 e. The van der Waals surface area contributed by atoms with Crippen molar-refractivity contribution in [3.8, 4) is 22.6 Å². The van der Waals surface area contributed by atoms with Gasteiger partial charge >= 0.3 is 0 Å². The van der Waals surface area contributed by atoms with Gasteiger partial charge in [-0.05, 0) is 66.2 Å². The molecule has 0 unspecified atom stereocenters. The first kappa shape index (κ1) is 30.7. The average molecular weight is 613 g/mol. The lowest BCUT2D eigenvalue weighted by Gasteiger charge is -2.13. The van der Waals surface area contributed by atoms with Gasteiger partial charge in [0.1, 0.15) is 11.5 Å². The van der Waals surface area contributed by atoms with E-state index in [4.69, 9.17) is 15.4 Å². The van der Waals surface area contributed by atoms with Crippen molar-refractivity contribution in [2.24, 2.45) is 31.5 Å². The molecule has 0 bridgehead atoms. The molecule has 0 heterocycles. The largest absolute Gasteiger partial charge is 0.508 e. The van der Waals surface area contributed by atoms with Crippen molar-refractivity contribution in [2.45, 2.75) is 23.0 Å². The van der Waals surface area contributed by atoms with Crippen molar-refractivity contribution in [1.82, 2.24) is 0 Å². The van der Waals surface area contributed by atoms with Gasteiger partial charge in [-0.3, -0.25) is 0 Å². The topological polar surface area (TPSA) is 235 Å². The predicted octanol–water partition coefficient (Wildman–Crippen LogP) is 5.06. The molecule has 8 N–H and O–H groups in total. The summed E-state index contributed by atoms with van der Waals surface area (Å²) in [6, 6.07) is 17.6. The van der Waals surface area contributed by atoms with Gasteiger partial charge in [-0.2, -0.15) is 26.4 Å². The molecule has 0 spiro atoms. The van der Waals surface area contributed by atoms with Gasteiger partial charge in [-0.25, -0.2) is 13.6 Å². The second-order valence-corrected chi connectivity index (χ2v) is 10.8. The van der Waals surface area contributed by atoms with Gasteiger partial charge in [-0.1, -0.05) is 12.1 Å². The highest BCUT2D eigenvalue weighted by atomic mass is 32.2. The van der Waals surface area contributed by atoms with Crippen LogP contribution in [0.25, 0.3) is 11.1 Å². The van der Waals surface area contributed by atoms with E-state index < -0.39 is 16.6 Å². The van der Waals surface area contributed by atoms with E-state index in [0.29, 0.717) is 39.6 Å². The Kier molecular flexibility index (Phi) is 9.94. The van der Waals surface area contributed by atoms with Crippen LogP contribution >= 0.6 is 12.0 Å². The van der Waals surface area contributed by atoms with E-state index >= 15 is 0 Å². The molecule has 0 saturated heterocycles. The molecule has 0 aliphatic heterocycles. The summed E-state index contributed by atoms with van der Waals surface area (Å²) in [6.45, 7) is -0.782. The number of nitrogens with zero attached hydrogens (tertiary/aromatic N) is 4. The normalized spacial score (nSPS) is 12.0. The van der Waals surface area contributed by atoms with Crippen molar-refractivity contribution >= 4 is 44.8 Å². The quantitative estimate of drug-likeness (QED) is 0.0570. The molecule has 0 aliphatic rings. The van der Waals surface area contributed by atoms with E-state index in [1.54, 1.807) is 18.2 Å². The van der Waals surface area contributed by atoms with Crippen molar-refractivity contribution in [3.05, 3.63) is 83.9 Å². The third kappa shape index (κ3) is 7.52. The molecule has 0 atom stereocenters. The molecule has 218 valence electrons. The Labute approximate surface area is 243 Å². The third-order valence-corrected chi connectivity index (χ3v) is 7.33. The number of aliphatic hydroxyl groups is 2. The lowest BCUT2D eigenvalue weighted by molar-refractivity contribution is -0.195. The SMILES string of the molecule is NOOSc1cc(N=Nc2ccc(O)c(CO)c2)ccc1-c1ccc(N=Nc2ccc(O)c(CO)c2)cc1S(N)(=O)=O. The predicted molar refractivity (Wildman–Crippen MR) is 152 cm³/mol. The van der Waals surface area contributed by atoms with E-state index in [2.05, 4.69) is 25.4 Å². The van der Waals surface area contributed by atoms with Crippen LogP contribution in [0.1, 0.15) is 11.1 Å². The van der Waals surface area contributed by atoms with Crippen LogP contribution in [0.5, 0.6) is 11.5 Å². The highest BCUT2D eigenvalue weighted by molar-refractivity contribution is 7.94. The molecule has 4 aromatic carbocycles. The van der Waals surface area contributed by atoms with Crippen LogP contribution in [-0.2, 0) is 32.6 Å². The lowest BCUT2D eigenvalue weighted by atomic mass is 10.0. The Morgan fingerprint density at radius 2 is 1.14 bits per heavy atom. The Morgan fingerprint density at radius 3 is 1.62 bits per heavy atom. The molecule has 16 heteroatoms. The lowest BCUT2D eigenvalue weighted by Crippen LogP contribution is -2.13. The Hall–Kier alpha value is -4.26. The number of aromatic hydroxyl groups is 2. The van der Waals surface area contributed by atoms with Gasteiger partial charge in [-0.15, -0.1) is 9.32 Å². The minimum absolute atomic E-state index is 0.0761. The summed E-state index contributed by atoms with van der Waals surface area (Å²) < 4.78 is 30.0. The maximum absolute atomic E-state index is 12.6. The van der Waals surface area contributed by atoms with Crippen LogP contribution in [0.15, 0.2) is 103 Å². The first-order chi connectivity index (χ1) is 20.1. The standard InChI is InChI=1S/C26H24N6O8S2/c27-39-40-41-25-11-19(31-29-17-3-7-23(35)15(9-17)13-33)1-5-21(25)22-6-2-20(12-26(22)42(28,37)38)32-30-18-4-8-24(36)16(10-18)14-34/h1-12,33-36H,13-14,27H2,(H2,28,37,38). The summed E-state index contributed by atoms with van der Waals surface area (Å²) in [4.78, 5) is 4.30. The number of hydrogen-bond donors (Lipinski definition) is 6. The summed E-state index contributed by atoms with van der Waals surface area (Å²) >= 11 is 0.688. The number of benzene rings is 4. The number of azo groups is 2. The fraction of sp³-hybridized carbons (Fsp3) is 0.0769. The highest BCUT2D eigenvalue weighted by Crippen LogP contribution is 2.39. The minimum atomic E-state index is -4.26. The third-order valence-electron chi connectivity index (χ3n) is 5.72. The van der Waals surface area contributed by atoms with Gasteiger partial charge < -0.3 is 20.4 Å². The Bertz CT molecular complexity index is 1770. The van der Waals surface area contributed by atoms with Gasteiger partial charge in [0, 0.05) is 21.6 Å². The minimum Gasteiger partial charge on any atom is -0.508 e. The number of phenols is 2. The Morgan fingerprint density at radius 1 is 0.690 bits per heavy atom. The molecule has 0 radical (unpaired) electrons. The van der Waals surface area contributed by atoms with Crippen molar-refractivity contribution < 1.29 is 38.2 Å². The van der Waals surface area contributed by atoms with Crippen LogP contribution < -0.4 is 11.0 Å². The average Bonchev–Trinajstić information content (AvgIpc) is 2.98. The molecule has 42 heavy (non-hydrogen) atoms. The highest BCUT2D eigenvalue weighted by Gasteiger charge is 2.20. The number of primary sulfonamides is 1. The van der Waals surface area contributed by atoms with Gasteiger partial charge in [0.15, 0.2) is 0 Å². The molecule has 4 aromatic rings. The number of hydrogen-bond acceptors (Lipinski definition) is 14. The first-order valence-corrected chi connectivity index (χ1v) is 14.1. The van der Waals surface area contributed by atoms with Crippen LogP contribution in [0.4, 0.5) is 22.7 Å². The van der Waals surface area contributed by atoms with E-state index in [9.17, 15) is 28.8 Å². The van der Waals surface area contributed by atoms with Crippen molar-refractivity contribution in [1.29, 1.82) is 0 Å². The second kappa shape index (κ2) is 13.6. The molecule has 14 nitrogen and oxygen atoms in total. The fourth-order valence-electron chi connectivity index (χ4n) is 3.70. The number of rotatable bonds is 11. The fourth-order valence-corrected chi connectivity index (χ4v) is 5.02. The molecule has 0 aliphatic carbocycles. The van der Waals surface area contributed by atoms with E-state index in [-0.39, 0.29) is 45.4 Å². The molecular formula is C26H24N6O8S2. The zero-order valence-corrected chi connectivity index (χ0v) is 23.2. The monoisotopic (exact) mass is 612 g/mol. The van der Waals surface area contributed by atoms with Crippen LogP contribution in [0.2, 0.25) is 0 Å². The second-order valence-electron chi connectivity index (χ2n) is 8.50. The molecule has 0 aromatic heterocycles. The summed E-state index contributed by atoms with van der Waals surface area (Å²) in [5.41, 5.74) is 2.32. The van der Waals surface area contributed by atoms with Gasteiger partial charge in [0.25, 0.3) is 0 Å². The summed E-state index contributed by atoms with van der Waals surface area (Å²) in [6.07, 6.45) is 0. The zero-order chi connectivity index (χ0) is 30.3. The van der Waals surface area contributed by atoms with Crippen LogP contribution in [0.3, 0.4) is 0 Å².